The van der Waals surface area contributed by atoms with Crippen LogP contribution in [0.3, 0.4) is 0 Å². The fourth-order valence-corrected chi connectivity index (χ4v) is 1.13. The molecule has 0 fully saturated rings. The van der Waals surface area contributed by atoms with Crippen molar-refractivity contribution in [3.8, 4) is 0 Å². The largest absolute Gasteiger partial charge is 0.479 e. The molecule has 0 radical (unpaired) electrons. The molecule has 0 spiro atoms. The zero-order valence-corrected chi connectivity index (χ0v) is 7.63. The molecule has 0 bridgehead atoms. The molecule has 1 aliphatic heterocycles. The summed E-state index contributed by atoms with van der Waals surface area (Å²) in [4.78, 5) is 4.47. The number of hydrogen-bond donors (Lipinski definition) is 0. The van der Waals surface area contributed by atoms with Crippen LogP contribution in [-0.4, -0.2) is 18.5 Å². The molecule has 1 rings (SSSR count). The Bertz CT molecular complexity index is 152. The van der Waals surface area contributed by atoms with Crippen LogP contribution in [0.5, 0.6) is 0 Å². The Hall–Kier alpha value is -0.530. The Morgan fingerprint density at radius 2 is 2.36 bits per heavy atom. The van der Waals surface area contributed by atoms with Gasteiger partial charge >= 0.3 is 0 Å². The minimum absolute atomic E-state index is 0.413. The van der Waals surface area contributed by atoms with Crippen molar-refractivity contribution in [3.63, 3.8) is 0 Å². The number of aliphatic imine (C=N–C) groups is 1. The lowest BCUT2D eigenvalue weighted by Gasteiger charge is -2.06. The molecular weight excluding hydrogens is 138 g/mol. The SMILES string of the molecule is CCCC1=NC(C(C)C)CO1. The minimum atomic E-state index is 0.413. The van der Waals surface area contributed by atoms with Gasteiger partial charge in [-0.05, 0) is 12.3 Å². The fourth-order valence-electron chi connectivity index (χ4n) is 1.13. The van der Waals surface area contributed by atoms with Crippen molar-refractivity contribution >= 4 is 5.90 Å². The number of rotatable bonds is 3. The summed E-state index contributed by atoms with van der Waals surface area (Å²) < 4.78 is 5.42. The molecular formula is C9H17NO. The van der Waals surface area contributed by atoms with Gasteiger partial charge in [-0.15, -0.1) is 0 Å². The maximum absolute atomic E-state index is 5.42. The molecule has 11 heavy (non-hydrogen) atoms. The summed E-state index contributed by atoms with van der Waals surface area (Å²) in [6, 6.07) is 0.413. The van der Waals surface area contributed by atoms with Gasteiger partial charge in [-0.25, -0.2) is 4.99 Å². The standard InChI is InChI=1S/C9H17NO/c1-4-5-9-10-8(6-11-9)7(2)3/h7-8H,4-6H2,1-3H3. The quantitative estimate of drug-likeness (QED) is 0.612. The molecule has 0 amide bonds. The first kappa shape index (κ1) is 8.57. The smallest absolute Gasteiger partial charge is 0.183 e. The van der Waals surface area contributed by atoms with Crippen LogP contribution in [0, 0.1) is 5.92 Å². The lowest BCUT2D eigenvalue weighted by molar-refractivity contribution is 0.285. The molecule has 2 heteroatoms. The summed E-state index contributed by atoms with van der Waals surface area (Å²) in [5.74, 6) is 1.58. The van der Waals surface area contributed by atoms with Crippen LogP contribution in [0.25, 0.3) is 0 Å². The third kappa shape index (κ3) is 2.21. The highest BCUT2D eigenvalue weighted by molar-refractivity contribution is 5.77. The highest BCUT2D eigenvalue weighted by Crippen LogP contribution is 2.15. The Kier molecular flexibility index (Phi) is 2.92. The van der Waals surface area contributed by atoms with Gasteiger partial charge < -0.3 is 4.74 Å². The van der Waals surface area contributed by atoms with E-state index in [-0.39, 0.29) is 0 Å². The zero-order valence-electron chi connectivity index (χ0n) is 7.63. The van der Waals surface area contributed by atoms with Crippen LogP contribution in [0.1, 0.15) is 33.6 Å². The van der Waals surface area contributed by atoms with Crippen molar-refractivity contribution < 1.29 is 4.74 Å². The van der Waals surface area contributed by atoms with E-state index in [4.69, 9.17) is 4.74 Å². The van der Waals surface area contributed by atoms with Gasteiger partial charge in [-0.3, -0.25) is 0 Å². The van der Waals surface area contributed by atoms with Crippen molar-refractivity contribution in [2.75, 3.05) is 6.61 Å². The van der Waals surface area contributed by atoms with Crippen LogP contribution in [0.15, 0.2) is 4.99 Å². The van der Waals surface area contributed by atoms with Crippen LogP contribution in [-0.2, 0) is 4.74 Å². The van der Waals surface area contributed by atoms with Crippen molar-refractivity contribution in [2.45, 2.75) is 39.7 Å². The Morgan fingerprint density at radius 1 is 1.64 bits per heavy atom. The van der Waals surface area contributed by atoms with E-state index in [2.05, 4.69) is 25.8 Å². The summed E-state index contributed by atoms with van der Waals surface area (Å²) in [6.07, 6.45) is 2.13. The highest BCUT2D eigenvalue weighted by Gasteiger charge is 2.20. The fraction of sp³-hybridized carbons (Fsp3) is 0.889. The molecule has 64 valence electrons. The number of ether oxygens (including phenoxy) is 1. The van der Waals surface area contributed by atoms with E-state index < -0.39 is 0 Å². The number of hydrogen-bond acceptors (Lipinski definition) is 2. The van der Waals surface area contributed by atoms with Gasteiger partial charge in [0.25, 0.3) is 0 Å². The van der Waals surface area contributed by atoms with Crippen molar-refractivity contribution in [1.29, 1.82) is 0 Å². The molecule has 0 saturated carbocycles. The van der Waals surface area contributed by atoms with Crippen LogP contribution in [0.4, 0.5) is 0 Å². The van der Waals surface area contributed by atoms with Gasteiger partial charge in [-0.1, -0.05) is 20.8 Å². The van der Waals surface area contributed by atoms with Gasteiger partial charge in [0.15, 0.2) is 5.90 Å². The van der Waals surface area contributed by atoms with Gasteiger partial charge in [0.05, 0.1) is 6.04 Å². The van der Waals surface area contributed by atoms with E-state index in [0.717, 1.165) is 25.3 Å². The molecule has 1 aliphatic rings. The van der Waals surface area contributed by atoms with Crippen molar-refractivity contribution in [1.82, 2.24) is 0 Å². The summed E-state index contributed by atoms with van der Waals surface area (Å²) in [5, 5.41) is 0. The molecule has 0 aromatic rings. The third-order valence-electron chi connectivity index (χ3n) is 1.96. The van der Waals surface area contributed by atoms with Gasteiger partial charge in [0.1, 0.15) is 6.61 Å². The van der Waals surface area contributed by atoms with Gasteiger partial charge in [0, 0.05) is 6.42 Å². The maximum atomic E-state index is 5.42. The minimum Gasteiger partial charge on any atom is -0.479 e. The number of nitrogens with zero attached hydrogens (tertiary/aromatic N) is 1. The predicted octanol–water partition coefficient (Wildman–Crippen LogP) is 2.24. The average Bonchev–Trinajstić information content (AvgIpc) is 2.37. The second kappa shape index (κ2) is 3.74. The monoisotopic (exact) mass is 155 g/mol. The van der Waals surface area contributed by atoms with Gasteiger partial charge in [0.2, 0.25) is 0 Å². The molecule has 1 unspecified atom stereocenters. The maximum Gasteiger partial charge on any atom is 0.183 e. The van der Waals surface area contributed by atoms with Crippen molar-refractivity contribution in [2.24, 2.45) is 10.9 Å². The van der Waals surface area contributed by atoms with Crippen LogP contribution < -0.4 is 0 Å². The van der Waals surface area contributed by atoms with Crippen LogP contribution in [0.2, 0.25) is 0 Å². The summed E-state index contributed by atoms with van der Waals surface area (Å²) in [7, 11) is 0. The van der Waals surface area contributed by atoms with E-state index in [1.165, 1.54) is 0 Å². The van der Waals surface area contributed by atoms with E-state index >= 15 is 0 Å². The second-order valence-corrected chi connectivity index (χ2v) is 3.40. The molecule has 0 saturated heterocycles. The third-order valence-corrected chi connectivity index (χ3v) is 1.96. The highest BCUT2D eigenvalue weighted by atomic mass is 16.5. The molecule has 1 atom stereocenters. The van der Waals surface area contributed by atoms with E-state index in [1.807, 2.05) is 0 Å². The predicted molar refractivity (Wildman–Crippen MR) is 46.9 cm³/mol. The average molecular weight is 155 g/mol. The van der Waals surface area contributed by atoms with E-state index in [0.29, 0.717) is 12.0 Å². The first-order valence-electron chi connectivity index (χ1n) is 4.43. The molecule has 1 heterocycles. The lowest BCUT2D eigenvalue weighted by atomic mass is 10.1. The Morgan fingerprint density at radius 3 is 2.82 bits per heavy atom. The first-order chi connectivity index (χ1) is 5.24. The zero-order chi connectivity index (χ0) is 8.27. The molecule has 0 N–H and O–H groups in total. The molecule has 0 aromatic carbocycles. The lowest BCUT2D eigenvalue weighted by Crippen LogP contribution is -2.13. The van der Waals surface area contributed by atoms with Gasteiger partial charge in [-0.2, -0.15) is 0 Å². The molecule has 2 nitrogen and oxygen atoms in total. The summed E-state index contributed by atoms with van der Waals surface area (Å²) in [6.45, 7) is 7.32. The van der Waals surface area contributed by atoms with Crippen molar-refractivity contribution in [3.05, 3.63) is 0 Å². The van der Waals surface area contributed by atoms with E-state index in [9.17, 15) is 0 Å². The summed E-state index contributed by atoms with van der Waals surface area (Å²) >= 11 is 0. The Balaban J connectivity index is 2.40. The Labute approximate surface area is 68.7 Å². The second-order valence-electron chi connectivity index (χ2n) is 3.40. The summed E-state index contributed by atoms with van der Waals surface area (Å²) in [5.41, 5.74) is 0. The normalized spacial score (nSPS) is 23.6. The van der Waals surface area contributed by atoms with Crippen LogP contribution >= 0.6 is 0 Å². The molecule has 0 aliphatic carbocycles. The first-order valence-corrected chi connectivity index (χ1v) is 4.43. The topological polar surface area (TPSA) is 21.6 Å². The van der Waals surface area contributed by atoms with E-state index in [1.54, 1.807) is 0 Å². The molecule has 0 aromatic heterocycles.